The Labute approximate surface area is 144 Å². The molecule has 1 rings (SSSR count). The third-order valence-electron chi connectivity index (χ3n) is 3.31. The van der Waals surface area contributed by atoms with Crippen molar-refractivity contribution in [2.24, 2.45) is 5.92 Å². The van der Waals surface area contributed by atoms with Gasteiger partial charge in [0, 0.05) is 23.5 Å². The summed E-state index contributed by atoms with van der Waals surface area (Å²) in [5.74, 6) is 0.544. The molecule has 0 radical (unpaired) electrons. The highest BCUT2D eigenvalue weighted by atomic mass is 32.1. The van der Waals surface area contributed by atoms with Crippen molar-refractivity contribution in [3.8, 4) is 0 Å². The minimum atomic E-state index is -0.474. The summed E-state index contributed by atoms with van der Waals surface area (Å²) in [6.45, 7) is 14.7. The van der Waals surface area contributed by atoms with Crippen LogP contribution in [0.25, 0.3) is 0 Å². The van der Waals surface area contributed by atoms with E-state index < -0.39 is 5.60 Å². The highest BCUT2D eigenvalue weighted by molar-refractivity contribution is 7.09. The largest absolute Gasteiger partial charge is 0.444 e. The molecule has 0 aromatic carbocycles. The number of aryl methyl sites for hydroxylation is 1. The van der Waals surface area contributed by atoms with Crippen molar-refractivity contribution in [1.82, 2.24) is 15.6 Å². The number of amides is 1. The molecule has 2 atom stereocenters. The predicted molar refractivity (Wildman–Crippen MR) is 95.9 cm³/mol. The Hall–Kier alpha value is -1.14. The van der Waals surface area contributed by atoms with E-state index in [1.807, 2.05) is 33.2 Å². The number of alkyl carbamates (subject to hydrolysis) is 1. The minimum Gasteiger partial charge on any atom is -0.444 e. The lowest BCUT2D eigenvalue weighted by molar-refractivity contribution is 0.0520. The van der Waals surface area contributed by atoms with Gasteiger partial charge >= 0.3 is 6.09 Å². The van der Waals surface area contributed by atoms with E-state index in [1.165, 1.54) is 4.88 Å². The van der Waals surface area contributed by atoms with Gasteiger partial charge in [0.2, 0.25) is 0 Å². The fourth-order valence-corrected chi connectivity index (χ4v) is 3.28. The summed E-state index contributed by atoms with van der Waals surface area (Å²) >= 11 is 1.67. The quantitative estimate of drug-likeness (QED) is 0.785. The lowest BCUT2D eigenvalue weighted by Crippen LogP contribution is -2.44. The Morgan fingerprint density at radius 3 is 2.48 bits per heavy atom. The first-order valence-corrected chi connectivity index (χ1v) is 9.09. The molecule has 0 aliphatic heterocycles. The van der Waals surface area contributed by atoms with Gasteiger partial charge in [-0.3, -0.25) is 0 Å². The fraction of sp³-hybridized carbons (Fsp3) is 0.765. The number of rotatable bonds is 7. The molecule has 1 heterocycles. The third kappa shape index (κ3) is 7.79. The van der Waals surface area contributed by atoms with Crippen LogP contribution in [0.2, 0.25) is 0 Å². The first-order valence-electron chi connectivity index (χ1n) is 8.21. The predicted octanol–water partition coefficient (Wildman–Crippen LogP) is 4.04. The molecule has 0 aliphatic carbocycles. The third-order valence-corrected chi connectivity index (χ3v) is 4.42. The lowest BCUT2D eigenvalue weighted by Gasteiger charge is -2.26. The van der Waals surface area contributed by atoms with Gasteiger partial charge in [-0.15, -0.1) is 11.3 Å². The molecule has 2 N–H and O–H groups in total. The van der Waals surface area contributed by atoms with Crippen molar-refractivity contribution in [2.75, 3.05) is 6.54 Å². The molecule has 2 unspecified atom stereocenters. The SMILES string of the molecule is Cc1ncsc1C(C)NC(CNC(=O)OC(C)(C)C)CC(C)C. The maximum Gasteiger partial charge on any atom is 0.407 e. The van der Waals surface area contributed by atoms with Crippen LogP contribution in [0.15, 0.2) is 5.51 Å². The van der Waals surface area contributed by atoms with Gasteiger partial charge in [0.15, 0.2) is 0 Å². The van der Waals surface area contributed by atoms with Crippen molar-refractivity contribution in [3.05, 3.63) is 16.1 Å². The average molecular weight is 342 g/mol. The molecule has 132 valence electrons. The molecule has 23 heavy (non-hydrogen) atoms. The Kier molecular flexibility index (Phi) is 7.48. The smallest absolute Gasteiger partial charge is 0.407 e. The molecule has 1 aromatic rings. The van der Waals surface area contributed by atoms with Gasteiger partial charge < -0.3 is 15.4 Å². The summed E-state index contributed by atoms with van der Waals surface area (Å²) in [4.78, 5) is 17.4. The molecule has 1 amide bonds. The van der Waals surface area contributed by atoms with Crippen LogP contribution >= 0.6 is 11.3 Å². The van der Waals surface area contributed by atoms with E-state index in [4.69, 9.17) is 4.74 Å². The standard InChI is InChI=1S/C17H31N3O2S/c1-11(2)8-14(9-18-16(21)22-17(5,6)7)20-13(4)15-12(3)19-10-23-15/h10-11,13-14,20H,8-9H2,1-7H3,(H,18,21). The molecule has 0 bridgehead atoms. The number of nitrogens with zero attached hydrogens (tertiary/aromatic N) is 1. The number of thiazole rings is 1. The van der Waals surface area contributed by atoms with E-state index in [2.05, 4.69) is 36.4 Å². The molecule has 0 saturated heterocycles. The molecular weight excluding hydrogens is 310 g/mol. The Morgan fingerprint density at radius 1 is 1.35 bits per heavy atom. The highest BCUT2D eigenvalue weighted by Gasteiger charge is 2.20. The Bertz CT molecular complexity index is 494. The van der Waals surface area contributed by atoms with Gasteiger partial charge in [0.1, 0.15) is 5.60 Å². The van der Waals surface area contributed by atoms with Crippen LogP contribution in [0.3, 0.4) is 0 Å². The van der Waals surface area contributed by atoms with Crippen LogP contribution in [0.5, 0.6) is 0 Å². The number of carbonyl (C=O) groups excluding carboxylic acids is 1. The number of ether oxygens (including phenoxy) is 1. The van der Waals surface area contributed by atoms with Crippen LogP contribution in [-0.2, 0) is 4.74 Å². The fourth-order valence-electron chi connectivity index (χ4n) is 2.46. The van der Waals surface area contributed by atoms with E-state index in [1.54, 1.807) is 11.3 Å². The summed E-state index contributed by atoms with van der Waals surface area (Å²) in [5, 5.41) is 6.48. The minimum absolute atomic E-state index is 0.194. The van der Waals surface area contributed by atoms with Crippen LogP contribution in [0.1, 0.15) is 64.6 Å². The van der Waals surface area contributed by atoms with E-state index in [-0.39, 0.29) is 18.2 Å². The zero-order chi connectivity index (χ0) is 17.6. The van der Waals surface area contributed by atoms with Crippen molar-refractivity contribution in [2.45, 2.75) is 72.6 Å². The second-order valence-corrected chi connectivity index (χ2v) is 8.29. The van der Waals surface area contributed by atoms with Gasteiger partial charge in [-0.1, -0.05) is 13.8 Å². The topological polar surface area (TPSA) is 63.2 Å². The summed E-state index contributed by atoms with van der Waals surface area (Å²) < 4.78 is 5.30. The molecule has 0 saturated carbocycles. The van der Waals surface area contributed by atoms with Gasteiger partial charge in [-0.25, -0.2) is 9.78 Å². The van der Waals surface area contributed by atoms with Crippen molar-refractivity contribution in [1.29, 1.82) is 0 Å². The average Bonchev–Trinajstić information content (AvgIpc) is 2.79. The normalized spacial score (nSPS) is 14.6. The van der Waals surface area contributed by atoms with Crippen LogP contribution in [-0.4, -0.2) is 29.3 Å². The van der Waals surface area contributed by atoms with Crippen molar-refractivity contribution in [3.63, 3.8) is 0 Å². The summed E-state index contributed by atoms with van der Waals surface area (Å²) in [7, 11) is 0. The summed E-state index contributed by atoms with van der Waals surface area (Å²) in [6, 6.07) is 0.408. The van der Waals surface area contributed by atoms with Crippen molar-refractivity contribution < 1.29 is 9.53 Å². The zero-order valence-corrected chi connectivity index (χ0v) is 16.2. The number of hydrogen-bond acceptors (Lipinski definition) is 5. The second-order valence-electron chi connectivity index (χ2n) is 7.40. The molecular formula is C17H31N3O2S. The van der Waals surface area contributed by atoms with Crippen LogP contribution < -0.4 is 10.6 Å². The molecule has 0 spiro atoms. The maximum absolute atomic E-state index is 11.8. The van der Waals surface area contributed by atoms with Crippen LogP contribution in [0, 0.1) is 12.8 Å². The van der Waals surface area contributed by atoms with Gasteiger partial charge in [-0.2, -0.15) is 0 Å². The first kappa shape index (κ1) is 19.9. The van der Waals surface area contributed by atoms with Crippen molar-refractivity contribution >= 4 is 17.4 Å². The highest BCUT2D eigenvalue weighted by Crippen LogP contribution is 2.22. The molecule has 0 aliphatic rings. The monoisotopic (exact) mass is 341 g/mol. The molecule has 0 fully saturated rings. The van der Waals surface area contributed by atoms with E-state index >= 15 is 0 Å². The summed E-state index contributed by atoms with van der Waals surface area (Å²) in [6.07, 6.45) is 0.618. The zero-order valence-electron chi connectivity index (χ0n) is 15.4. The van der Waals surface area contributed by atoms with Crippen LogP contribution in [0.4, 0.5) is 4.79 Å². The molecule has 5 nitrogen and oxygen atoms in total. The second kappa shape index (κ2) is 8.64. The first-order chi connectivity index (χ1) is 10.6. The van der Waals surface area contributed by atoms with Gasteiger partial charge in [0.25, 0.3) is 0 Å². The van der Waals surface area contributed by atoms with E-state index in [9.17, 15) is 4.79 Å². The number of nitrogens with one attached hydrogen (secondary N) is 2. The molecule has 1 aromatic heterocycles. The van der Waals surface area contributed by atoms with E-state index in [0.717, 1.165) is 12.1 Å². The number of aromatic nitrogens is 1. The summed E-state index contributed by atoms with van der Waals surface area (Å²) in [5.41, 5.74) is 2.47. The number of hydrogen-bond donors (Lipinski definition) is 2. The Morgan fingerprint density at radius 2 is 2.00 bits per heavy atom. The lowest BCUT2D eigenvalue weighted by atomic mass is 10.0. The number of carbonyl (C=O) groups is 1. The van der Waals surface area contributed by atoms with Gasteiger partial charge in [0.05, 0.1) is 11.2 Å². The van der Waals surface area contributed by atoms with Gasteiger partial charge in [-0.05, 0) is 47.0 Å². The maximum atomic E-state index is 11.8. The Balaban J connectivity index is 2.59. The van der Waals surface area contributed by atoms with E-state index in [0.29, 0.717) is 12.5 Å². The molecule has 6 heteroatoms.